The maximum atomic E-state index is 12.8. The molecule has 3 heterocycles. The van der Waals surface area contributed by atoms with Crippen LogP contribution in [-0.2, 0) is 13.1 Å². The number of nitrogens with one attached hydrogen (secondary N) is 1. The van der Waals surface area contributed by atoms with Crippen LogP contribution >= 0.6 is 0 Å². The first kappa shape index (κ1) is 21.5. The summed E-state index contributed by atoms with van der Waals surface area (Å²) < 4.78 is 1.76. The fraction of sp³-hybridized carbons (Fsp3) is 0.192. The lowest BCUT2D eigenvalue weighted by Gasteiger charge is -2.14. The smallest absolute Gasteiger partial charge is 0.254 e. The highest BCUT2D eigenvalue weighted by molar-refractivity contribution is 5.95. The number of hydrogen-bond donors (Lipinski definition) is 2. The van der Waals surface area contributed by atoms with Crippen molar-refractivity contribution in [2.45, 2.75) is 33.9 Å². The zero-order valence-electron chi connectivity index (χ0n) is 19.3. The summed E-state index contributed by atoms with van der Waals surface area (Å²) in [5, 5.41) is 10.4. The summed E-state index contributed by atoms with van der Waals surface area (Å²) in [5.74, 6) is 1.08. The molecule has 5 aromatic rings. The van der Waals surface area contributed by atoms with Gasteiger partial charge in [-0.05, 0) is 66.6 Å². The SMILES string of the molecule is Cc1ncc2ccc(Cn3cc(C(=O)NCc4c(C)cc5c(N)nccc5c4C)cn3)cc2n1. The Bertz CT molecular complexity index is 1550. The summed E-state index contributed by atoms with van der Waals surface area (Å²) in [6, 6.07) is 10.0. The largest absolute Gasteiger partial charge is 0.383 e. The van der Waals surface area contributed by atoms with E-state index >= 15 is 0 Å². The highest BCUT2D eigenvalue weighted by Gasteiger charge is 2.13. The van der Waals surface area contributed by atoms with Crippen LogP contribution in [0.5, 0.6) is 0 Å². The highest BCUT2D eigenvalue weighted by atomic mass is 16.1. The summed E-state index contributed by atoms with van der Waals surface area (Å²) in [4.78, 5) is 25.7. The molecule has 1 amide bonds. The number of anilines is 1. The van der Waals surface area contributed by atoms with Crippen LogP contribution in [0.25, 0.3) is 21.7 Å². The average molecular weight is 452 g/mol. The molecule has 2 aromatic carbocycles. The molecule has 3 N–H and O–H groups in total. The zero-order chi connectivity index (χ0) is 23.8. The maximum absolute atomic E-state index is 12.8. The van der Waals surface area contributed by atoms with Gasteiger partial charge in [-0.15, -0.1) is 0 Å². The van der Waals surface area contributed by atoms with Gasteiger partial charge >= 0.3 is 0 Å². The van der Waals surface area contributed by atoms with Crippen molar-refractivity contribution in [3.63, 3.8) is 0 Å². The van der Waals surface area contributed by atoms with Gasteiger partial charge in [0.05, 0.1) is 23.8 Å². The molecule has 34 heavy (non-hydrogen) atoms. The highest BCUT2D eigenvalue weighted by Crippen LogP contribution is 2.27. The molecule has 8 heteroatoms. The van der Waals surface area contributed by atoms with Gasteiger partial charge in [-0.1, -0.05) is 12.1 Å². The van der Waals surface area contributed by atoms with Crippen molar-refractivity contribution in [1.29, 1.82) is 0 Å². The van der Waals surface area contributed by atoms with Crippen molar-refractivity contribution < 1.29 is 4.79 Å². The molecule has 0 aliphatic rings. The second-order valence-electron chi connectivity index (χ2n) is 8.51. The Morgan fingerprint density at radius 3 is 2.76 bits per heavy atom. The van der Waals surface area contributed by atoms with Crippen molar-refractivity contribution in [2.24, 2.45) is 0 Å². The third kappa shape index (κ3) is 4.05. The molecule has 0 saturated carbocycles. The Morgan fingerprint density at radius 1 is 1.06 bits per heavy atom. The first-order chi connectivity index (χ1) is 16.4. The van der Waals surface area contributed by atoms with Crippen LogP contribution in [0.4, 0.5) is 5.82 Å². The fourth-order valence-electron chi connectivity index (χ4n) is 4.29. The lowest BCUT2D eigenvalue weighted by molar-refractivity contribution is 0.0950. The standard InChI is InChI=1S/C26H25N7O/c1-15-8-22-21(6-7-28-25(22)27)16(2)23(15)12-30-26(34)20-11-31-33(14-20)13-18-4-5-19-10-29-17(3)32-24(19)9-18/h4-11,14H,12-13H2,1-3H3,(H2,27,28)(H,30,34). The molecule has 8 nitrogen and oxygen atoms in total. The van der Waals surface area contributed by atoms with Gasteiger partial charge in [0.1, 0.15) is 11.6 Å². The van der Waals surface area contributed by atoms with Gasteiger partial charge in [-0.25, -0.2) is 15.0 Å². The molecule has 0 saturated heterocycles. The van der Waals surface area contributed by atoms with Gasteiger partial charge < -0.3 is 11.1 Å². The van der Waals surface area contributed by atoms with Crippen LogP contribution < -0.4 is 11.1 Å². The summed E-state index contributed by atoms with van der Waals surface area (Å²) in [6.07, 6.45) is 6.88. The van der Waals surface area contributed by atoms with E-state index in [0.717, 1.165) is 49.8 Å². The lowest BCUT2D eigenvalue weighted by Crippen LogP contribution is -2.23. The molecule has 0 fully saturated rings. The van der Waals surface area contributed by atoms with Crippen LogP contribution in [0.1, 0.15) is 38.4 Å². The number of benzene rings is 2. The number of carbonyl (C=O) groups is 1. The van der Waals surface area contributed by atoms with Crippen molar-refractivity contribution in [3.8, 4) is 0 Å². The third-order valence-electron chi connectivity index (χ3n) is 6.15. The average Bonchev–Trinajstić information content (AvgIpc) is 3.28. The van der Waals surface area contributed by atoms with Crippen molar-refractivity contribution in [3.05, 3.63) is 88.8 Å². The van der Waals surface area contributed by atoms with Crippen molar-refractivity contribution in [1.82, 2.24) is 30.0 Å². The van der Waals surface area contributed by atoms with E-state index < -0.39 is 0 Å². The summed E-state index contributed by atoms with van der Waals surface area (Å²) in [6.45, 7) is 6.91. The van der Waals surface area contributed by atoms with Gasteiger partial charge in [-0.3, -0.25) is 9.48 Å². The summed E-state index contributed by atoms with van der Waals surface area (Å²) in [5.41, 5.74) is 11.7. The molecule has 0 unspecified atom stereocenters. The van der Waals surface area contributed by atoms with Crippen LogP contribution in [0.2, 0.25) is 0 Å². The number of nitrogens with two attached hydrogens (primary N) is 1. The fourth-order valence-corrected chi connectivity index (χ4v) is 4.29. The predicted molar refractivity (Wildman–Crippen MR) is 132 cm³/mol. The first-order valence-electron chi connectivity index (χ1n) is 11.1. The van der Waals surface area contributed by atoms with E-state index in [4.69, 9.17) is 5.73 Å². The number of nitrogen functional groups attached to an aromatic ring is 1. The topological polar surface area (TPSA) is 112 Å². The van der Waals surface area contributed by atoms with E-state index in [9.17, 15) is 4.79 Å². The van der Waals surface area contributed by atoms with Gasteiger partial charge in [0, 0.05) is 35.9 Å². The minimum Gasteiger partial charge on any atom is -0.383 e. The van der Waals surface area contributed by atoms with Gasteiger partial charge in [0.2, 0.25) is 0 Å². The molecule has 0 aliphatic heterocycles. The molecule has 3 aromatic heterocycles. The normalized spacial score (nSPS) is 11.3. The Balaban J connectivity index is 1.30. The Kier molecular flexibility index (Phi) is 5.41. The number of fused-ring (bicyclic) bond motifs is 2. The molecule has 0 aliphatic carbocycles. The number of hydrogen-bond acceptors (Lipinski definition) is 6. The monoisotopic (exact) mass is 451 g/mol. The molecule has 170 valence electrons. The van der Waals surface area contributed by atoms with Crippen LogP contribution in [-0.4, -0.2) is 30.6 Å². The Labute approximate surface area is 196 Å². The molecular weight excluding hydrogens is 426 g/mol. The Morgan fingerprint density at radius 2 is 1.91 bits per heavy atom. The third-order valence-corrected chi connectivity index (χ3v) is 6.15. The minimum atomic E-state index is -0.165. The summed E-state index contributed by atoms with van der Waals surface area (Å²) >= 11 is 0. The van der Waals surface area contributed by atoms with E-state index in [0.29, 0.717) is 24.5 Å². The van der Waals surface area contributed by atoms with Gasteiger partial charge in [0.15, 0.2) is 0 Å². The van der Waals surface area contributed by atoms with Crippen molar-refractivity contribution >= 4 is 33.4 Å². The number of carbonyl (C=O) groups excluding carboxylic acids is 1. The van der Waals surface area contributed by atoms with Crippen LogP contribution in [0.3, 0.4) is 0 Å². The number of aryl methyl sites for hydroxylation is 3. The molecular formula is C26H25N7O. The lowest BCUT2D eigenvalue weighted by atomic mass is 9.96. The number of nitrogens with zero attached hydrogens (tertiary/aromatic N) is 5. The summed E-state index contributed by atoms with van der Waals surface area (Å²) in [7, 11) is 0. The van der Waals surface area contributed by atoms with E-state index in [2.05, 4.69) is 25.4 Å². The first-order valence-corrected chi connectivity index (χ1v) is 11.1. The quantitative estimate of drug-likeness (QED) is 0.420. The second kappa shape index (κ2) is 8.55. The predicted octanol–water partition coefficient (Wildman–Crippen LogP) is 3.86. The van der Waals surface area contributed by atoms with Gasteiger partial charge in [-0.2, -0.15) is 5.10 Å². The van der Waals surface area contributed by atoms with Crippen molar-refractivity contribution in [2.75, 3.05) is 5.73 Å². The molecule has 0 spiro atoms. The van der Waals surface area contributed by atoms with Crippen LogP contribution in [0, 0.1) is 20.8 Å². The maximum Gasteiger partial charge on any atom is 0.254 e. The number of aromatic nitrogens is 5. The molecule has 5 rings (SSSR count). The molecule has 0 atom stereocenters. The van der Waals surface area contributed by atoms with E-state index in [1.165, 1.54) is 0 Å². The number of amides is 1. The van der Waals surface area contributed by atoms with E-state index in [-0.39, 0.29) is 5.91 Å². The van der Waals surface area contributed by atoms with E-state index in [1.54, 1.807) is 23.3 Å². The van der Waals surface area contributed by atoms with Crippen LogP contribution in [0.15, 0.2) is 55.1 Å². The number of pyridine rings is 1. The van der Waals surface area contributed by atoms with E-state index in [1.807, 2.05) is 57.3 Å². The Hall–Kier alpha value is -4.33. The molecule has 0 radical (unpaired) electrons. The molecule has 0 bridgehead atoms. The van der Waals surface area contributed by atoms with Gasteiger partial charge in [0.25, 0.3) is 5.91 Å². The second-order valence-corrected chi connectivity index (χ2v) is 8.51. The zero-order valence-corrected chi connectivity index (χ0v) is 19.3. The number of rotatable bonds is 5. The minimum absolute atomic E-state index is 0.165.